The Bertz CT molecular complexity index is 423. The lowest BCUT2D eigenvalue weighted by Gasteiger charge is -2.32. The molecule has 0 unspecified atom stereocenters. The van der Waals surface area contributed by atoms with Gasteiger partial charge in [-0.15, -0.1) is 0 Å². The van der Waals surface area contributed by atoms with Crippen LogP contribution in [0.1, 0.15) is 26.5 Å². The van der Waals surface area contributed by atoms with E-state index in [2.05, 4.69) is 4.98 Å². The Morgan fingerprint density at radius 1 is 1.40 bits per heavy atom. The maximum Gasteiger partial charge on any atom is 0.233 e. The standard InChI is InChI=1S/C11H13ClN2O/c1-11(2,3)14-8-4-5-9(12)13-7(8)6-10(14)15/h4-5H,6H2,1-3H3. The highest BCUT2D eigenvalue weighted by Gasteiger charge is 2.35. The quantitative estimate of drug-likeness (QED) is 0.634. The molecule has 3 nitrogen and oxygen atoms in total. The molecule has 0 saturated heterocycles. The van der Waals surface area contributed by atoms with Crippen molar-refractivity contribution >= 4 is 23.2 Å². The van der Waals surface area contributed by atoms with E-state index in [1.807, 2.05) is 26.8 Å². The second-order valence-corrected chi connectivity index (χ2v) is 5.06. The van der Waals surface area contributed by atoms with E-state index in [1.54, 1.807) is 11.0 Å². The van der Waals surface area contributed by atoms with Crippen molar-refractivity contribution < 1.29 is 4.79 Å². The van der Waals surface area contributed by atoms with E-state index in [0.29, 0.717) is 11.6 Å². The van der Waals surface area contributed by atoms with Gasteiger partial charge < -0.3 is 4.90 Å². The predicted octanol–water partition coefficient (Wildman–Crippen LogP) is 2.42. The SMILES string of the molecule is CC(C)(C)N1C(=O)Cc2nc(Cl)ccc21. The summed E-state index contributed by atoms with van der Waals surface area (Å²) in [5.74, 6) is 0.0901. The molecule has 4 heteroatoms. The Kier molecular flexibility index (Phi) is 2.23. The molecule has 2 rings (SSSR count). The van der Waals surface area contributed by atoms with Crippen LogP contribution in [-0.4, -0.2) is 16.4 Å². The number of nitrogens with zero attached hydrogens (tertiary/aromatic N) is 2. The number of amides is 1. The molecule has 2 heterocycles. The number of aromatic nitrogens is 1. The molecule has 0 N–H and O–H groups in total. The molecule has 0 fully saturated rings. The molecule has 1 aromatic rings. The zero-order valence-corrected chi connectivity index (χ0v) is 9.80. The zero-order valence-electron chi connectivity index (χ0n) is 9.04. The number of hydrogen-bond donors (Lipinski definition) is 0. The highest BCUT2D eigenvalue weighted by atomic mass is 35.5. The number of anilines is 1. The van der Waals surface area contributed by atoms with E-state index in [-0.39, 0.29) is 11.4 Å². The number of pyridine rings is 1. The molecule has 15 heavy (non-hydrogen) atoms. The third-order valence-corrected chi connectivity index (χ3v) is 2.61. The van der Waals surface area contributed by atoms with Gasteiger partial charge in [-0.1, -0.05) is 11.6 Å². The van der Waals surface area contributed by atoms with Gasteiger partial charge in [0.1, 0.15) is 5.15 Å². The van der Waals surface area contributed by atoms with Crippen molar-refractivity contribution in [2.45, 2.75) is 32.7 Å². The fourth-order valence-electron chi connectivity index (χ4n) is 1.89. The fraction of sp³-hybridized carbons (Fsp3) is 0.455. The monoisotopic (exact) mass is 224 g/mol. The number of rotatable bonds is 0. The summed E-state index contributed by atoms with van der Waals surface area (Å²) in [6.07, 6.45) is 0.354. The van der Waals surface area contributed by atoms with Gasteiger partial charge in [-0.25, -0.2) is 4.98 Å². The first-order chi connectivity index (χ1) is 6.89. The van der Waals surface area contributed by atoms with Crippen molar-refractivity contribution in [1.29, 1.82) is 0 Å². The smallest absolute Gasteiger partial charge is 0.233 e. The molecule has 0 atom stereocenters. The van der Waals surface area contributed by atoms with E-state index in [9.17, 15) is 4.79 Å². The van der Waals surface area contributed by atoms with Gasteiger partial charge in [0.05, 0.1) is 17.8 Å². The van der Waals surface area contributed by atoms with Crippen LogP contribution in [0.2, 0.25) is 5.15 Å². The molecule has 0 aliphatic carbocycles. The van der Waals surface area contributed by atoms with Crippen LogP contribution >= 0.6 is 11.6 Å². The highest BCUT2D eigenvalue weighted by molar-refractivity contribution is 6.29. The number of hydrogen-bond acceptors (Lipinski definition) is 2. The Morgan fingerprint density at radius 2 is 2.07 bits per heavy atom. The molecule has 80 valence electrons. The van der Waals surface area contributed by atoms with Crippen molar-refractivity contribution in [1.82, 2.24) is 4.98 Å². The second kappa shape index (κ2) is 3.20. The molecule has 1 aromatic heterocycles. The van der Waals surface area contributed by atoms with Crippen LogP contribution in [0, 0.1) is 0 Å². The molecule has 0 bridgehead atoms. The van der Waals surface area contributed by atoms with Crippen molar-refractivity contribution in [3.05, 3.63) is 23.0 Å². The van der Waals surface area contributed by atoms with Crippen LogP contribution in [0.4, 0.5) is 5.69 Å². The first-order valence-electron chi connectivity index (χ1n) is 4.88. The third-order valence-electron chi connectivity index (χ3n) is 2.40. The molecular formula is C11H13ClN2O. The van der Waals surface area contributed by atoms with E-state index >= 15 is 0 Å². The molecule has 1 aliphatic rings. The summed E-state index contributed by atoms with van der Waals surface area (Å²) in [7, 11) is 0. The van der Waals surface area contributed by atoms with E-state index in [1.165, 1.54) is 0 Å². The first kappa shape index (κ1) is 10.4. The van der Waals surface area contributed by atoms with Gasteiger partial charge >= 0.3 is 0 Å². The normalized spacial score (nSPS) is 15.7. The Labute approximate surface area is 94.1 Å². The summed E-state index contributed by atoms with van der Waals surface area (Å²) >= 11 is 5.79. The van der Waals surface area contributed by atoms with Crippen molar-refractivity contribution in [2.24, 2.45) is 0 Å². The predicted molar refractivity (Wildman–Crippen MR) is 60.2 cm³/mol. The minimum Gasteiger partial charge on any atom is -0.305 e. The molecule has 0 aromatic carbocycles. The van der Waals surface area contributed by atoms with Gasteiger partial charge in [-0.05, 0) is 32.9 Å². The van der Waals surface area contributed by atoms with Crippen LogP contribution in [0.15, 0.2) is 12.1 Å². The molecule has 1 aliphatic heterocycles. The summed E-state index contributed by atoms with van der Waals surface area (Å²) in [4.78, 5) is 17.8. The highest BCUT2D eigenvalue weighted by Crippen LogP contribution is 2.33. The van der Waals surface area contributed by atoms with Gasteiger partial charge in [0.2, 0.25) is 5.91 Å². The topological polar surface area (TPSA) is 33.2 Å². The maximum absolute atomic E-state index is 11.8. The Balaban J connectivity index is 2.51. The van der Waals surface area contributed by atoms with Crippen molar-refractivity contribution in [3.8, 4) is 0 Å². The van der Waals surface area contributed by atoms with Crippen molar-refractivity contribution in [3.63, 3.8) is 0 Å². The van der Waals surface area contributed by atoms with Gasteiger partial charge in [0, 0.05) is 5.54 Å². The fourth-order valence-corrected chi connectivity index (χ4v) is 2.06. The average molecular weight is 225 g/mol. The molecule has 0 spiro atoms. The number of halogens is 1. The maximum atomic E-state index is 11.8. The summed E-state index contributed by atoms with van der Waals surface area (Å²) in [6, 6.07) is 3.58. The van der Waals surface area contributed by atoms with E-state index in [0.717, 1.165) is 11.4 Å². The Morgan fingerprint density at radius 3 is 2.67 bits per heavy atom. The number of fused-ring (bicyclic) bond motifs is 1. The van der Waals surface area contributed by atoms with Crippen LogP contribution in [-0.2, 0) is 11.2 Å². The largest absolute Gasteiger partial charge is 0.305 e. The lowest BCUT2D eigenvalue weighted by molar-refractivity contribution is -0.118. The third kappa shape index (κ3) is 1.72. The summed E-state index contributed by atoms with van der Waals surface area (Å²) in [5.41, 5.74) is 1.46. The first-order valence-corrected chi connectivity index (χ1v) is 5.26. The second-order valence-electron chi connectivity index (χ2n) is 4.68. The summed E-state index contributed by atoms with van der Waals surface area (Å²) in [6.45, 7) is 6.03. The zero-order chi connectivity index (χ0) is 11.2. The molecule has 1 amide bonds. The summed E-state index contributed by atoms with van der Waals surface area (Å²) in [5, 5.41) is 0.442. The Hall–Kier alpha value is -1.09. The van der Waals surface area contributed by atoms with Gasteiger partial charge in [0.25, 0.3) is 0 Å². The lowest BCUT2D eigenvalue weighted by Crippen LogP contribution is -2.43. The average Bonchev–Trinajstić information content (AvgIpc) is 2.38. The molecular weight excluding hydrogens is 212 g/mol. The van der Waals surface area contributed by atoms with Crippen LogP contribution in [0.25, 0.3) is 0 Å². The minimum atomic E-state index is -0.210. The minimum absolute atomic E-state index is 0.0901. The lowest BCUT2D eigenvalue weighted by atomic mass is 10.1. The molecule has 0 saturated carbocycles. The summed E-state index contributed by atoms with van der Waals surface area (Å²) < 4.78 is 0. The van der Waals surface area contributed by atoms with Crippen molar-refractivity contribution in [2.75, 3.05) is 4.90 Å². The molecule has 0 radical (unpaired) electrons. The van der Waals surface area contributed by atoms with Crippen LogP contribution in [0.3, 0.4) is 0 Å². The van der Waals surface area contributed by atoms with E-state index in [4.69, 9.17) is 11.6 Å². The van der Waals surface area contributed by atoms with Crippen LogP contribution in [0.5, 0.6) is 0 Å². The van der Waals surface area contributed by atoms with Gasteiger partial charge in [-0.3, -0.25) is 4.79 Å². The number of carbonyl (C=O) groups excluding carboxylic acids is 1. The van der Waals surface area contributed by atoms with Gasteiger partial charge in [0.15, 0.2) is 0 Å². The van der Waals surface area contributed by atoms with E-state index < -0.39 is 0 Å². The van der Waals surface area contributed by atoms with Gasteiger partial charge in [-0.2, -0.15) is 0 Å². The van der Waals surface area contributed by atoms with Crippen LogP contribution < -0.4 is 4.90 Å². The number of carbonyl (C=O) groups is 1.